The van der Waals surface area contributed by atoms with Crippen molar-refractivity contribution in [1.29, 1.82) is 0 Å². The number of hydrogen-bond donors (Lipinski definition) is 2. The van der Waals surface area contributed by atoms with Gasteiger partial charge in [0.25, 0.3) is 0 Å². The number of esters is 1. The quantitative estimate of drug-likeness (QED) is 0.472. The molecule has 0 spiro atoms. The number of hydrogen-bond acceptors (Lipinski definition) is 4. The van der Waals surface area contributed by atoms with Crippen molar-refractivity contribution >= 4 is 11.9 Å². The Bertz CT molecular complexity index is 219. The first-order valence-corrected chi connectivity index (χ1v) is 3.72. The molecule has 13 heavy (non-hydrogen) atoms. The van der Waals surface area contributed by atoms with Crippen LogP contribution in [0.1, 0.15) is 13.8 Å². The van der Waals surface area contributed by atoms with Crippen molar-refractivity contribution in [1.82, 2.24) is 0 Å². The third-order valence-electron chi connectivity index (χ3n) is 1.51. The lowest BCUT2D eigenvalue weighted by Crippen LogP contribution is -2.55. The number of ether oxygens (including phenoxy) is 1. The van der Waals surface area contributed by atoms with E-state index in [1.54, 1.807) is 0 Å². The molecule has 0 saturated carbocycles. The highest BCUT2D eigenvalue weighted by molar-refractivity contribution is 6.03. The zero-order chi connectivity index (χ0) is 10.6. The molecule has 0 aromatic carbocycles. The Morgan fingerprint density at radius 1 is 1.69 bits per heavy atom. The number of rotatable bonds is 4. The van der Waals surface area contributed by atoms with Crippen molar-refractivity contribution in [2.24, 2.45) is 5.73 Å². The van der Waals surface area contributed by atoms with Gasteiger partial charge >= 0.3 is 17.6 Å². The molecule has 0 aromatic heterocycles. The lowest BCUT2D eigenvalue weighted by atomic mass is 9.99. The molecule has 0 aliphatic heterocycles. The molecule has 6 heteroatoms. The fourth-order valence-electron chi connectivity index (χ4n) is 0.704. The van der Waals surface area contributed by atoms with Gasteiger partial charge in [-0.15, -0.1) is 0 Å². The van der Waals surface area contributed by atoms with E-state index in [4.69, 9.17) is 10.8 Å². The van der Waals surface area contributed by atoms with E-state index in [0.717, 1.165) is 6.92 Å². The van der Waals surface area contributed by atoms with E-state index in [2.05, 4.69) is 4.74 Å². The number of aliphatic carboxylic acids is 1. The summed E-state index contributed by atoms with van der Waals surface area (Å²) in [5, 5.41) is 8.44. The monoisotopic (exact) mass is 193 g/mol. The topological polar surface area (TPSA) is 89.6 Å². The van der Waals surface area contributed by atoms with Gasteiger partial charge < -0.3 is 15.6 Å². The summed E-state index contributed by atoms with van der Waals surface area (Å²) in [6.45, 7) is 2.44. The highest BCUT2D eigenvalue weighted by Gasteiger charge is 2.52. The molecule has 0 saturated heterocycles. The normalized spacial score (nSPS) is 17.2. The van der Waals surface area contributed by atoms with E-state index in [0.29, 0.717) is 0 Å². The SMILES string of the molecule is CCOC(=O)C(F)(C(=O)O)C(C)N. The number of alkyl halides is 1. The van der Waals surface area contributed by atoms with Crippen LogP contribution in [0.2, 0.25) is 0 Å². The van der Waals surface area contributed by atoms with Gasteiger partial charge in [0.15, 0.2) is 0 Å². The molecular weight excluding hydrogens is 181 g/mol. The summed E-state index contributed by atoms with van der Waals surface area (Å²) in [5.74, 6) is -3.39. The van der Waals surface area contributed by atoms with E-state index in [9.17, 15) is 14.0 Å². The van der Waals surface area contributed by atoms with Crippen LogP contribution in [0.4, 0.5) is 4.39 Å². The summed E-state index contributed by atoms with van der Waals surface area (Å²) in [7, 11) is 0. The maximum absolute atomic E-state index is 13.4. The number of carbonyl (C=O) groups excluding carboxylic acids is 1. The van der Waals surface area contributed by atoms with E-state index in [1.807, 2.05) is 0 Å². The van der Waals surface area contributed by atoms with Crippen LogP contribution in [0.5, 0.6) is 0 Å². The molecule has 0 amide bonds. The van der Waals surface area contributed by atoms with Crippen LogP contribution in [0.25, 0.3) is 0 Å². The average Bonchev–Trinajstić information content (AvgIpc) is 2.02. The predicted octanol–water partition coefficient (Wildman–Crippen LogP) is -0.310. The van der Waals surface area contributed by atoms with Crippen LogP contribution >= 0.6 is 0 Å². The number of carboxylic acids is 1. The van der Waals surface area contributed by atoms with Crippen molar-refractivity contribution in [3.8, 4) is 0 Å². The molecule has 0 aromatic rings. The third kappa shape index (κ3) is 2.15. The molecule has 2 atom stereocenters. The average molecular weight is 193 g/mol. The molecule has 0 heterocycles. The summed E-state index contributed by atoms with van der Waals surface area (Å²) < 4.78 is 17.7. The maximum atomic E-state index is 13.4. The second-order valence-corrected chi connectivity index (χ2v) is 2.53. The Kier molecular flexibility index (Phi) is 3.80. The Morgan fingerprint density at radius 3 is 2.38 bits per heavy atom. The van der Waals surface area contributed by atoms with Gasteiger partial charge in [-0.3, -0.25) is 0 Å². The van der Waals surface area contributed by atoms with Crippen molar-refractivity contribution in [3.63, 3.8) is 0 Å². The highest BCUT2D eigenvalue weighted by Crippen LogP contribution is 2.17. The highest BCUT2D eigenvalue weighted by atomic mass is 19.1. The molecule has 0 aliphatic carbocycles. The van der Waals surface area contributed by atoms with Gasteiger partial charge in [0.2, 0.25) is 0 Å². The molecule has 76 valence electrons. The first kappa shape index (κ1) is 11.8. The Labute approximate surface area is 74.7 Å². The van der Waals surface area contributed by atoms with Gasteiger partial charge in [0.1, 0.15) is 0 Å². The van der Waals surface area contributed by atoms with Crippen LogP contribution in [0.15, 0.2) is 0 Å². The maximum Gasteiger partial charge on any atom is 0.357 e. The summed E-state index contributed by atoms with van der Waals surface area (Å²) >= 11 is 0. The molecule has 0 fully saturated rings. The zero-order valence-corrected chi connectivity index (χ0v) is 7.41. The number of halogens is 1. The molecule has 0 aliphatic rings. The van der Waals surface area contributed by atoms with Gasteiger partial charge in [-0.25, -0.2) is 14.0 Å². The Balaban J connectivity index is 4.79. The Morgan fingerprint density at radius 2 is 2.15 bits per heavy atom. The molecule has 2 unspecified atom stereocenters. The van der Waals surface area contributed by atoms with Gasteiger partial charge in [-0.1, -0.05) is 0 Å². The molecule has 3 N–H and O–H groups in total. The first-order chi connectivity index (χ1) is 5.87. The van der Waals surface area contributed by atoms with Crippen molar-refractivity contribution in [2.75, 3.05) is 6.61 Å². The molecule has 5 nitrogen and oxygen atoms in total. The lowest BCUT2D eigenvalue weighted by molar-refractivity contribution is -0.172. The lowest BCUT2D eigenvalue weighted by Gasteiger charge is -2.21. The largest absolute Gasteiger partial charge is 0.478 e. The third-order valence-corrected chi connectivity index (χ3v) is 1.51. The fourth-order valence-corrected chi connectivity index (χ4v) is 0.704. The minimum Gasteiger partial charge on any atom is -0.478 e. The zero-order valence-electron chi connectivity index (χ0n) is 7.41. The number of carbonyl (C=O) groups is 2. The van der Waals surface area contributed by atoms with Crippen LogP contribution < -0.4 is 5.73 Å². The van der Waals surface area contributed by atoms with Crippen LogP contribution in [0.3, 0.4) is 0 Å². The predicted molar refractivity (Wildman–Crippen MR) is 41.8 cm³/mol. The van der Waals surface area contributed by atoms with E-state index in [-0.39, 0.29) is 6.61 Å². The molecule has 0 rings (SSSR count). The summed E-state index contributed by atoms with van der Waals surface area (Å²) in [4.78, 5) is 21.3. The first-order valence-electron chi connectivity index (χ1n) is 3.72. The van der Waals surface area contributed by atoms with Gasteiger partial charge in [0.05, 0.1) is 12.6 Å². The Hall–Kier alpha value is -1.17. The van der Waals surface area contributed by atoms with Crippen LogP contribution in [-0.4, -0.2) is 35.4 Å². The summed E-state index contributed by atoms with van der Waals surface area (Å²) in [5.41, 5.74) is 1.89. The second kappa shape index (κ2) is 4.18. The number of carboxylic acid groups (broad SMARTS) is 1. The van der Waals surface area contributed by atoms with Gasteiger partial charge in [-0.05, 0) is 13.8 Å². The van der Waals surface area contributed by atoms with E-state index in [1.165, 1.54) is 6.92 Å². The molecule has 0 bridgehead atoms. The molecule has 0 radical (unpaired) electrons. The van der Waals surface area contributed by atoms with Crippen molar-refractivity contribution in [3.05, 3.63) is 0 Å². The van der Waals surface area contributed by atoms with Gasteiger partial charge in [0, 0.05) is 0 Å². The minimum absolute atomic E-state index is 0.0928. The number of nitrogens with two attached hydrogens (primary N) is 1. The smallest absolute Gasteiger partial charge is 0.357 e. The second-order valence-electron chi connectivity index (χ2n) is 2.53. The van der Waals surface area contributed by atoms with Crippen molar-refractivity contribution < 1.29 is 23.8 Å². The fraction of sp³-hybridized carbons (Fsp3) is 0.714. The van der Waals surface area contributed by atoms with Crippen LogP contribution in [0, 0.1) is 0 Å². The van der Waals surface area contributed by atoms with Crippen LogP contribution in [-0.2, 0) is 14.3 Å². The minimum atomic E-state index is -3.16. The van der Waals surface area contributed by atoms with E-state index >= 15 is 0 Å². The van der Waals surface area contributed by atoms with Crippen molar-refractivity contribution in [2.45, 2.75) is 25.6 Å². The van der Waals surface area contributed by atoms with E-state index < -0.39 is 23.6 Å². The summed E-state index contributed by atoms with van der Waals surface area (Å²) in [6, 6.07) is -1.45. The standard InChI is InChI=1S/C7H12FNO4/c1-3-13-6(12)7(8,4(2)9)5(10)11/h4H,3,9H2,1-2H3,(H,10,11). The summed E-state index contributed by atoms with van der Waals surface area (Å²) in [6.07, 6.45) is 0. The van der Waals surface area contributed by atoms with Gasteiger partial charge in [-0.2, -0.15) is 0 Å². The molecular formula is C7H12FNO4.